The van der Waals surface area contributed by atoms with Gasteiger partial charge in [-0.05, 0) is 40.4 Å². The van der Waals surface area contributed by atoms with Gasteiger partial charge >= 0.3 is 6.03 Å². The molecule has 0 bridgehead atoms. The molecule has 1 heterocycles. The molecule has 1 aromatic carbocycles. The van der Waals surface area contributed by atoms with Crippen LogP contribution in [0.5, 0.6) is 0 Å². The SMILES string of the molecule is CCN(Cc1nc(C)no1)C(=O)NC[C@@H](c1cccc(C)c1)N(C)C. The second-order valence-corrected chi connectivity index (χ2v) is 6.33. The quantitative estimate of drug-likeness (QED) is 0.835. The maximum Gasteiger partial charge on any atom is 0.317 e. The van der Waals surface area contributed by atoms with E-state index >= 15 is 0 Å². The zero-order valence-corrected chi connectivity index (χ0v) is 15.6. The molecule has 136 valence electrons. The van der Waals surface area contributed by atoms with Crippen LogP contribution >= 0.6 is 0 Å². The van der Waals surface area contributed by atoms with Gasteiger partial charge in [-0.1, -0.05) is 35.0 Å². The fraction of sp³-hybridized carbons (Fsp3) is 0.500. The van der Waals surface area contributed by atoms with Crippen LogP contribution < -0.4 is 5.32 Å². The fourth-order valence-electron chi connectivity index (χ4n) is 2.67. The molecule has 0 aliphatic rings. The van der Waals surface area contributed by atoms with E-state index in [0.29, 0.717) is 31.3 Å². The number of hydrogen-bond acceptors (Lipinski definition) is 5. The molecule has 0 aliphatic carbocycles. The third-order valence-corrected chi connectivity index (χ3v) is 4.06. The topological polar surface area (TPSA) is 74.5 Å². The summed E-state index contributed by atoms with van der Waals surface area (Å²) in [6.07, 6.45) is 0. The largest absolute Gasteiger partial charge is 0.337 e. The zero-order chi connectivity index (χ0) is 18.4. The van der Waals surface area contributed by atoms with Gasteiger partial charge in [-0.2, -0.15) is 4.98 Å². The second kappa shape index (κ2) is 8.62. The summed E-state index contributed by atoms with van der Waals surface area (Å²) in [7, 11) is 4.02. The standard InChI is InChI=1S/C18H27N5O2/c1-6-23(12-17-20-14(3)21-25-17)18(24)19-11-16(22(4)5)15-9-7-8-13(2)10-15/h7-10,16H,6,11-12H2,1-5H3,(H,19,24)/t16-/m0/s1. The molecule has 7 nitrogen and oxygen atoms in total. The Kier molecular flexibility index (Phi) is 6.52. The van der Waals surface area contributed by atoms with E-state index in [9.17, 15) is 4.79 Å². The van der Waals surface area contributed by atoms with Crippen LogP contribution in [-0.4, -0.2) is 53.2 Å². The Labute approximate surface area is 149 Å². The van der Waals surface area contributed by atoms with E-state index in [4.69, 9.17) is 4.52 Å². The van der Waals surface area contributed by atoms with Gasteiger partial charge in [-0.25, -0.2) is 4.79 Å². The molecule has 1 N–H and O–H groups in total. The van der Waals surface area contributed by atoms with Crippen molar-refractivity contribution in [1.82, 2.24) is 25.3 Å². The molecule has 7 heteroatoms. The molecule has 0 unspecified atom stereocenters. The maximum absolute atomic E-state index is 12.5. The van der Waals surface area contributed by atoms with Gasteiger partial charge in [0.1, 0.15) is 6.54 Å². The third kappa shape index (κ3) is 5.29. The maximum atomic E-state index is 12.5. The van der Waals surface area contributed by atoms with Crippen molar-refractivity contribution in [2.45, 2.75) is 33.4 Å². The highest BCUT2D eigenvalue weighted by Gasteiger charge is 2.19. The minimum absolute atomic E-state index is 0.105. The van der Waals surface area contributed by atoms with Crippen LogP contribution in [0.4, 0.5) is 4.79 Å². The summed E-state index contributed by atoms with van der Waals surface area (Å²) < 4.78 is 5.10. The van der Waals surface area contributed by atoms with Gasteiger partial charge in [0.25, 0.3) is 0 Å². The van der Waals surface area contributed by atoms with Crippen LogP contribution in [0.2, 0.25) is 0 Å². The smallest absolute Gasteiger partial charge is 0.317 e. The van der Waals surface area contributed by atoms with Crippen LogP contribution in [0.3, 0.4) is 0 Å². The van der Waals surface area contributed by atoms with Crippen molar-refractivity contribution in [3.05, 3.63) is 47.1 Å². The molecule has 1 aromatic heterocycles. The first-order valence-electron chi connectivity index (χ1n) is 8.45. The normalized spacial score (nSPS) is 12.2. The van der Waals surface area contributed by atoms with Gasteiger partial charge in [0, 0.05) is 13.1 Å². The van der Waals surface area contributed by atoms with Gasteiger partial charge in [0.2, 0.25) is 5.89 Å². The average molecular weight is 345 g/mol. The number of rotatable bonds is 7. The van der Waals surface area contributed by atoms with Crippen molar-refractivity contribution >= 4 is 6.03 Å². The summed E-state index contributed by atoms with van der Waals surface area (Å²) in [6.45, 7) is 7.14. The zero-order valence-electron chi connectivity index (χ0n) is 15.6. The summed E-state index contributed by atoms with van der Waals surface area (Å²) >= 11 is 0. The molecule has 0 fully saturated rings. The summed E-state index contributed by atoms with van der Waals surface area (Å²) in [4.78, 5) is 20.4. The molecule has 2 amide bonds. The number of carbonyl (C=O) groups excluding carboxylic acids is 1. The highest BCUT2D eigenvalue weighted by atomic mass is 16.5. The van der Waals surface area contributed by atoms with Crippen LogP contribution in [0.1, 0.15) is 35.8 Å². The van der Waals surface area contributed by atoms with Gasteiger partial charge < -0.3 is 19.6 Å². The lowest BCUT2D eigenvalue weighted by molar-refractivity contribution is 0.184. The van der Waals surface area contributed by atoms with Crippen molar-refractivity contribution in [1.29, 1.82) is 0 Å². The number of amides is 2. The predicted molar refractivity (Wildman–Crippen MR) is 96.1 cm³/mol. The number of nitrogens with one attached hydrogen (secondary N) is 1. The molecule has 1 atom stereocenters. The molecule has 0 radical (unpaired) electrons. The minimum Gasteiger partial charge on any atom is -0.337 e. The Morgan fingerprint density at radius 3 is 2.64 bits per heavy atom. The number of carbonyl (C=O) groups is 1. The predicted octanol–water partition coefficient (Wildman–Crippen LogP) is 2.52. The molecule has 25 heavy (non-hydrogen) atoms. The molecule has 0 aliphatic heterocycles. The Balaban J connectivity index is 1.99. The number of hydrogen-bond donors (Lipinski definition) is 1. The summed E-state index contributed by atoms with van der Waals surface area (Å²) in [5, 5.41) is 6.77. The van der Waals surface area contributed by atoms with Gasteiger partial charge in [0.05, 0.1) is 6.04 Å². The first-order valence-corrected chi connectivity index (χ1v) is 8.45. The highest BCUT2D eigenvalue weighted by molar-refractivity contribution is 5.74. The lowest BCUT2D eigenvalue weighted by atomic mass is 10.0. The number of aromatic nitrogens is 2. The van der Waals surface area contributed by atoms with Crippen LogP contribution in [-0.2, 0) is 6.54 Å². The van der Waals surface area contributed by atoms with Crippen molar-refractivity contribution in [3.8, 4) is 0 Å². The van der Waals surface area contributed by atoms with Gasteiger partial charge in [-0.15, -0.1) is 0 Å². The van der Waals surface area contributed by atoms with Gasteiger partial charge in [0.15, 0.2) is 5.82 Å². The fourth-order valence-corrected chi connectivity index (χ4v) is 2.67. The monoisotopic (exact) mass is 345 g/mol. The first-order chi connectivity index (χ1) is 11.9. The van der Waals surface area contributed by atoms with E-state index in [1.54, 1.807) is 11.8 Å². The van der Waals surface area contributed by atoms with Crippen LogP contribution in [0, 0.1) is 13.8 Å². The summed E-state index contributed by atoms with van der Waals surface area (Å²) in [5.41, 5.74) is 2.39. The number of urea groups is 1. The molecular weight excluding hydrogens is 318 g/mol. The van der Waals surface area contributed by atoms with E-state index in [1.807, 2.05) is 27.1 Å². The Hall–Kier alpha value is -2.41. The highest BCUT2D eigenvalue weighted by Crippen LogP contribution is 2.18. The Morgan fingerprint density at radius 1 is 1.32 bits per heavy atom. The molecule has 2 aromatic rings. The molecule has 0 saturated carbocycles. The Bertz CT molecular complexity index is 698. The number of likely N-dealkylation sites (N-methyl/N-ethyl adjacent to an activating group) is 1. The van der Waals surface area contributed by atoms with Crippen molar-refractivity contribution in [2.24, 2.45) is 0 Å². The molecule has 0 saturated heterocycles. The van der Waals surface area contributed by atoms with Crippen LogP contribution in [0.15, 0.2) is 28.8 Å². The first kappa shape index (κ1) is 18.9. The lowest BCUT2D eigenvalue weighted by Gasteiger charge is -2.27. The van der Waals surface area contributed by atoms with E-state index in [2.05, 4.69) is 45.5 Å². The number of aryl methyl sites for hydroxylation is 2. The Morgan fingerprint density at radius 2 is 2.08 bits per heavy atom. The van der Waals surface area contributed by atoms with Crippen molar-refractivity contribution in [3.63, 3.8) is 0 Å². The molecule has 0 spiro atoms. The third-order valence-electron chi connectivity index (χ3n) is 4.06. The summed E-state index contributed by atoms with van der Waals surface area (Å²) in [5.74, 6) is 1.01. The lowest BCUT2D eigenvalue weighted by Crippen LogP contribution is -2.43. The van der Waals surface area contributed by atoms with E-state index in [1.165, 1.54) is 11.1 Å². The van der Waals surface area contributed by atoms with E-state index in [-0.39, 0.29) is 12.1 Å². The van der Waals surface area contributed by atoms with Crippen LogP contribution in [0.25, 0.3) is 0 Å². The molecule has 2 rings (SSSR count). The van der Waals surface area contributed by atoms with Gasteiger partial charge in [-0.3, -0.25) is 0 Å². The molecular formula is C18H27N5O2. The average Bonchev–Trinajstić information content (AvgIpc) is 2.97. The number of nitrogens with zero attached hydrogens (tertiary/aromatic N) is 4. The minimum atomic E-state index is -0.141. The van der Waals surface area contributed by atoms with E-state index < -0.39 is 0 Å². The van der Waals surface area contributed by atoms with Crippen molar-refractivity contribution < 1.29 is 9.32 Å². The van der Waals surface area contributed by atoms with Crippen molar-refractivity contribution in [2.75, 3.05) is 27.2 Å². The second-order valence-electron chi connectivity index (χ2n) is 6.33. The van der Waals surface area contributed by atoms with E-state index in [0.717, 1.165) is 0 Å². The number of benzene rings is 1. The summed E-state index contributed by atoms with van der Waals surface area (Å²) in [6, 6.07) is 8.31.